The highest BCUT2D eigenvalue weighted by molar-refractivity contribution is 5.98. The Labute approximate surface area is 186 Å². The molecule has 2 aromatic heterocycles. The molecule has 3 aromatic rings. The summed E-state index contributed by atoms with van der Waals surface area (Å²) in [5.74, 6) is 1.31. The van der Waals surface area contributed by atoms with Gasteiger partial charge >= 0.3 is 0 Å². The molecule has 1 saturated heterocycles. The lowest BCUT2D eigenvalue weighted by atomic mass is 9.99. The first-order chi connectivity index (χ1) is 15.6. The number of nitrogens with one attached hydrogen (secondary N) is 2. The molecule has 0 bridgehead atoms. The van der Waals surface area contributed by atoms with Crippen molar-refractivity contribution in [3.8, 4) is 5.75 Å². The minimum absolute atomic E-state index is 0.0142. The second-order valence-electron chi connectivity index (χ2n) is 8.39. The second-order valence-corrected chi connectivity index (χ2v) is 8.39. The van der Waals surface area contributed by atoms with Crippen LogP contribution in [0.2, 0.25) is 0 Å². The van der Waals surface area contributed by atoms with E-state index in [-0.39, 0.29) is 11.4 Å². The number of piperazine rings is 1. The van der Waals surface area contributed by atoms with Crippen LogP contribution in [-0.4, -0.2) is 54.2 Å². The molecule has 1 aromatic carbocycles. The Bertz CT molecular complexity index is 1170. The zero-order chi connectivity index (χ0) is 22.1. The van der Waals surface area contributed by atoms with Gasteiger partial charge in [0.25, 0.3) is 5.56 Å². The number of H-pyrrole nitrogens is 1. The standard InChI is InChI=1S/C24H28FN5O2/c1-2-32-20-13-16(12-19-22(20)23-18(24(31)28-19)4-3-7-26-23)15-29-8-10-30(11-9-29)21-6-5-17(25)14-27-21/h5-6,12-14,26H,2-4,7-11,15H2,1H3,(H,28,31). The largest absolute Gasteiger partial charge is 0.493 e. The lowest BCUT2D eigenvalue weighted by Crippen LogP contribution is -2.46. The Morgan fingerprint density at radius 3 is 2.78 bits per heavy atom. The van der Waals surface area contributed by atoms with E-state index < -0.39 is 0 Å². The Balaban J connectivity index is 1.38. The van der Waals surface area contributed by atoms with Crippen molar-refractivity contribution in [2.45, 2.75) is 26.3 Å². The maximum absolute atomic E-state index is 13.1. The number of pyridine rings is 2. The SMILES string of the molecule is CCOc1cc(CN2CCN(c3ccc(F)cn3)CC2)cc2[nH]c(=O)c3c(c12)NCCC3. The lowest BCUT2D eigenvalue weighted by Gasteiger charge is -2.35. The van der Waals surface area contributed by atoms with Crippen molar-refractivity contribution in [2.75, 3.05) is 49.5 Å². The fourth-order valence-electron chi connectivity index (χ4n) is 4.71. The molecule has 32 heavy (non-hydrogen) atoms. The first kappa shape index (κ1) is 20.8. The number of halogens is 1. The number of aromatic amines is 1. The highest BCUT2D eigenvalue weighted by Gasteiger charge is 2.22. The maximum Gasteiger partial charge on any atom is 0.253 e. The Kier molecular flexibility index (Phi) is 5.70. The third kappa shape index (κ3) is 4.02. The van der Waals surface area contributed by atoms with Crippen molar-refractivity contribution in [2.24, 2.45) is 0 Å². The molecule has 2 aliphatic rings. The molecule has 0 saturated carbocycles. The van der Waals surface area contributed by atoms with Crippen LogP contribution in [-0.2, 0) is 13.0 Å². The molecule has 7 nitrogen and oxygen atoms in total. The zero-order valence-electron chi connectivity index (χ0n) is 18.3. The molecule has 0 unspecified atom stereocenters. The molecule has 2 aliphatic heterocycles. The van der Waals surface area contributed by atoms with Gasteiger partial charge in [0, 0.05) is 44.8 Å². The van der Waals surface area contributed by atoms with Crippen LogP contribution in [0.5, 0.6) is 5.75 Å². The summed E-state index contributed by atoms with van der Waals surface area (Å²) in [7, 11) is 0. The third-order valence-electron chi connectivity index (χ3n) is 6.26. The molecule has 168 valence electrons. The normalized spacial score (nSPS) is 16.6. The van der Waals surface area contributed by atoms with E-state index in [0.29, 0.717) is 6.61 Å². The number of fused-ring (bicyclic) bond motifs is 3. The van der Waals surface area contributed by atoms with Crippen LogP contribution in [0.15, 0.2) is 35.3 Å². The average Bonchev–Trinajstić information content (AvgIpc) is 2.80. The highest BCUT2D eigenvalue weighted by Crippen LogP contribution is 2.36. The summed E-state index contributed by atoms with van der Waals surface area (Å²) < 4.78 is 19.2. The van der Waals surface area contributed by atoms with Gasteiger partial charge in [0.2, 0.25) is 0 Å². The molecule has 0 aliphatic carbocycles. The van der Waals surface area contributed by atoms with Gasteiger partial charge in [0.1, 0.15) is 17.4 Å². The Morgan fingerprint density at radius 1 is 1.19 bits per heavy atom. The first-order valence-corrected chi connectivity index (χ1v) is 11.3. The molecule has 0 amide bonds. The van der Waals surface area contributed by atoms with Gasteiger partial charge in [-0.1, -0.05) is 0 Å². The first-order valence-electron chi connectivity index (χ1n) is 11.3. The topological polar surface area (TPSA) is 73.5 Å². The van der Waals surface area contributed by atoms with Gasteiger partial charge in [-0.05, 0) is 49.6 Å². The number of ether oxygens (including phenoxy) is 1. The quantitative estimate of drug-likeness (QED) is 0.639. The summed E-state index contributed by atoms with van der Waals surface area (Å²) >= 11 is 0. The zero-order valence-corrected chi connectivity index (χ0v) is 18.3. The van der Waals surface area contributed by atoms with Gasteiger partial charge in [-0.25, -0.2) is 9.37 Å². The van der Waals surface area contributed by atoms with Crippen LogP contribution in [0, 0.1) is 5.82 Å². The average molecular weight is 438 g/mol. The van der Waals surface area contributed by atoms with Crippen LogP contribution < -0.4 is 20.5 Å². The minimum Gasteiger partial charge on any atom is -0.493 e. The van der Waals surface area contributed by atoms with Crippen LogP contribution in [0.25, 0.3) is 10.9 Å². The molecule has 2 N–H and O–H groups in total. The van der Waals surface area contributed by atoms with Gasteiger partial charge in [0.15, 0.2) is 0 Å². The van der Waals surface area contributed by atoms with Crippen LogP contribution >= 0.6 is 0 Å². The fraction of sp³-hybridized carbons (Fsp3) is 0.417. The van der Waals surface area contributed by atoms with Gasteiger partial charge in [-0.3, -0.25) is 9.69 Å². The predicted octanol–water partition coefficient (Wildman–Crippen LogP) is 3.14. The molecule has 8 heteroatoms. The van der Waals surface area contributed by atoms with Crippen LogP contribution in [0.4, 0.5) is 15.9 Å². The smallest absolute Gasteiger partial charge is 0.253 e. The van der Waals surface area contributed by atoms with E-state index in [4.69, 9.17) is 4.74 Å². The molecular weight excluding hydrogens is 409 g/mol. The van der Waals surface area contributed by atoms with E-state index in [1.807, 2.05) is 6.92 Å². The van der Waals surface area contributed by atoms with Crippen molar-refractivity contribution in [1.29, 1.82) is 0 Å². The van der Waals surface area contributed by atoms with Gasteiger partial charge < -0.3 is 19.9 Å². The van der Waals surface area contributed by atoms with Crippen molar-refractivity contribution in [1.82, 2.24) is 14.9 Å². The number of aromatic nitrogens is 2. The van der Waals surface area contributed by atoms with Gasteiger partial charge in [-0.15, -0.1) is 0 Å². The Hall–Kier alpha value is -3.13. The van der Waals surface area contributed by atoms with Crippen molar-refractivity contribution < 1.29 is 9.13 Å². The summed E-state index contributed by atoms with van der Waals surface area (Å²) in [5, 5.41) is 4.39. The van der Waals surface area contributed by atoms with E-state index in [2.05, 4.69) is 37.2 Å². The number of hydrogen-bond acceptors (Lipinski definition) is 6. The van der Waals surface area contributed by atoms with Crippen LogP contribution in [0.1, 0.15) is 24.5 Å². The van der Waals surface area contributed by atoms with E-state index in [9.17, 15) is 9.18 Å². The van der Waals surface area contributed by atoms with Crippen molar-refractivity contribution in [3.05, 3.63) is 57.8 Å². The summed E-state index contributed by atoms with van der Waals surface area (Å²) in [6, 6.07) is 7.36. The van der Waals surface area contributed by atoms with E-state index in [1.54, 1.807) is 6.07 Å². The van der Waals surface area contributed by atoms with E-state index in [0.717, 1.165) is 91.4 Å². The number of anilines is 2. The van der Waals surface area contributed by atoms with E-state index >= 15 is 0 Å². The van der Waals surface area contributed by atoms with Gasteiger partial charge in [0.05, 0.1) is 29.4 Å². The van der Waals surface area contributed by atoms with Crippen LogP contribution in [0.3, 0.4) is 0 Å². The molecule has 0 spiro atoms. The molecular formula is C24H28FN5O2. The fourth-order valence-corrected chi connectivity index (χ4v) is 4.71. The summed E-state index contributed by atoms with van der Waals surface area (Å²) in [6.07, 6.45) is 3.01. The molecule has 0 radical (unpaired) electrons. The maximum atomic E-state index is 13.1. The molecule has 4 heterocycles. The van der Waals surface area contributed by atoms with Crippen molar-refractivity contribution in [3.63, 3.8) is 0 Å². The third-order valence-corrected chi connectivity index (χ3v) is 6.26. The Morgan fingerprint density at radius 2 is 2.03 bits per heavy atom. The highest BCUT2D eigenvalue weighted by atomic mass is 19.1. The summed E-state index contributed by atoms with van der Waals surface area (Å²) in [4.78, 5) is 24.5. The summed E-state index contributed by atoms with van der Waals surface area (Å²) in [5.41, 5.74) is 3.66. The van der Waals surface area contributed by atoms with E-state index in [1.165, 1.54) is 12.3 Å². The minimum atomic E-state index is -0.316. The lowest BCUT2D eigenvalue weighted by molar-refractivity contribution is 0.249. The predicted molar refractivity (Wildman–Crippen MR) is 124 cm³/mol. The second kappa shape index (κ2) is 8.78. The number of benzene rings is 1. The number of hydrogen-bond donors (Lipinski definition) is 2. The summed E-state index contributed by atoms with van der Waals surface area (Å²) in [6.45, 7) is 7.60. The molecule has 0 atom stereocenters. The van der Waals surface area contributed by atoms with Crippen molar-refractivity contribution >= 4 is 22.4 Å². The number of nitrogens with zero attached hydrogens (tertiary/aromatic N) is 3. The molecule has 5 rings (SSSR count). The molecule has 1 fully saturated rings. The monoisotopic (exact) mass is 437 g/mol. The van der Waals surface area contributed by atoms with Gasteiger partial charge in [-0.2, -0.15) is 0 Å². The number of rotatable bonds is 5.